The summed E-state index contributed by atoms with van der Waals surface area (Å²) in [5.41, 5.74) is 0. The minimum Gasteiger partial charge on any atom is -0.218 e. The molecule has 0 heterocycles. The molecular weight excluding hydrogens is 198 g/mol. The molecule has 0 bridgehead atoms. The smallest absolute Gasteiger partial charge is 0.218 e. The lowest BCUT2D eigenvalue weighted by Gasteiger charge is -2.02. The van der Waals surface area contributed by atoms with Crippen molar-refractivity contribution in [1.82, 2.24) is 0 Å². The highest BCUT2D eigenvalue weighted by molar-refractivity contribution is 7.67. The first-order chi connectivity index (χ1) is 3.42. The molecule has 0 fully saturated rings. The highest BCUT2D eigenvalue weighted by Gasteiger charge is 2.21. The summed E-state index contributed by atoms with van der Waals surface area (Å²) in [6.07, 6.45) is 0. The van der Waals surface area contributed by atoms with Crippen LogP contribution >= 0.6 is 34.8 Å². The second-order valence-electron chi connectivity index (χ2n) is 0.761. The molecule has 7 heteroatoms. The molecule has 0 spiro atoms. The van der Waals surface area contributed by atoms with E-state index in [9.17, 15) is 8.42 Å². The summed E-state index contributed by atoms with van der Waals surface area (Å²) in [5, 5.41) is 0. The van der Waals surface area contributed by atoms with Crippen LogP contribution in [0.1, 0.15) is 0 Å². The highest BCUT2D eigenvalue weighted by Crippen LogP contribution is 2.26. The first-order valence-electron chi connectivity index (χ1n) is 1.32. The molecule has 0 saturated heterocycles. The van der Waals surface area contributed by atoms with Gasteiger partial charge in [-0.2, -0.15) is 0 Å². The SMILES string of the molecule is O=[SH](=O)OC(Cl)(Cl)Cl. The summed E-state index contributed by atoms with van der Waals surface area (Å²) < 4.78 is 20.7. The van der Waals surface area contributed by atoms with Gasteiger partial charge in [-0.15, -0.1) is 0 Å². The minimum absolute atomic E-state index is 2.16. The Balaban J connectivity index is 3.73. The molecule has 8 heavy (non-hydrogen) atoms. The van der Waals surface area contributed by atoms with Crippen LogP contribution in [0.2, 0.25) is 0 Å². The Hall–Kier alpha value is 0.780. The van der Waals surface area contributed by atoms with Crippen molar-refractivity contribution in [3.05, 3.63) is 0 Å². The van der Waals surface area contributed by atoms with Crippen LogP contribution in [-0.2, 0) is 15.2 Å². The molecule has 0 amide bonds. The predicted molar refractivity (Wildman–Crippen MR) is 31.7 cm³/mol. The Labute approximate surface area is 62.6 Å². The zero-order chi connectivity index (χ0) is 6.78. The number of thiol groups is 1. The molecule has 0 aliphatic carbocycles. The van der Waals surface area contributed by atoms with Crippen LogP contribution in [0.15, 0.2) is 0 Å². The van der Waals surface area contributed by atoms with E-state index in [2.05, 4.69) is 4.18 Å². The van der Waals surface area contributed by atoms with Crippen LogP contribution in [0.5, 0.6) is 0 Å². The van der Waals surface area contributed by atoms with Crippen molar-refractivity contribution < 1.29 is 12.6 Å². The first-order valence-corrected chi connectivity index (χ1v) is 3.55. The Morgan fingerprint density at radius 3 is 1.62 bits per heavy atom. The molecule has 3 nitrogen and oxygen atoms in total. The molecule has 0 aliphatic heterocycles. The Morgan fingerprint density at radius 2 is 1.62 bits per heavy atom. The van der Waals surface area contributed by atoms with Crippen LogP contribution in [0.3, 0.4) is 0 Å². The lowest BCUT2D eigenvalue weighted by Crippen LogP contribution is -2.06. The van der Waals surface area contributed by atoms with E-state index in [1.165, 1.54) is 0 Å². The van der Waals surface area contributed by atoms with E-state index in [1.807, 2.05) is 0 Å². The Bertz CT molecular complexity index is 126. The summed E-state index contributed by atoms with van der Waals surface area (Å²) in [6, 6.07) is 0. The van der Waals surface area contributed by atoms with Crippen molar-refractivity contribution in [3.63, 3.8) is 0 Å². The number of halogens is 3. The van der Waals surface area contributed by atoms with Gasteiger partial charge in [0.25, 0.3) is 11.0 Å². The van der Waals surface area contributed by atoms with E-state index in [0.717, 1.165) is 0 Å². The number of hydrogen-bond acceptors (Lipinski definition) is 3. The fourth-order valence-corrected chi connectivity index (χ4v) is 0.761. The van der Waals surface area contributed by atoms with Gasteiger partial charge in [0.1, 0.15) is 0 Å². The molecule has 0 aromatic carbocycles. The van der Waals surface area contributed by atoms with Crippen molar-refractivity contribution in [1.29, 1.82) is 0 Å². The third-order valence-electron chi connectivity index (χ3n) is 0.178. The van der Waals surface area contributed by atoms with Gasteiger partial charge in [-0.05, 0) is 0 Å². The van der Waals surface area contributed by atoms with Crippen molar-refractivity contribution in [3.8, 4) is 0 Å². The van der Waals surface area contributed by atoms with E-state index in [4.69, 9.17) is 34.8 Å². The van der Waals surface area contributed by atoms with E-state index in [-0.39, 0.29) is 0 Å². The predicted octanol–water partition coefficient (Wildman–Crippen LogP) is 0.857. The Morgan fingerprint density at radius 1 is 1.25 bits per heavy atom. The number of hydrogen-bond donors (Lipinski definition) is 1. The number of alkyl halides is 3. The summed E-state index contributed by atoms with van der Waals surface area (Å²) in [6.45, 7) is 0. The molecule has 0 aromatic heterocycles. The van der Waals surface area contributed by atoms with Crippen molar-refractivity contribution in [2.24, 2.45) is 0 Å². The zero-order valence-electron chi connectivity index (χ0n) is 3.31. The van der Waals surface area contributed by atoms with Gasteiger partial charge in [-0.25, -0.2) is 12.6 Å². The maximum absolute atomic E-state index is 9.58. The molecule has 0 atom stereocenters. The van der Waals surface area contributed by atoms with Crippen molar-refractivity contribution in [2.45, 2.75) is 3.98 Å². The largest absolute Gasteiger partial charge is 0.311 e. The Kier molecular flexibility index (Phi) is 3.38. The number of rotatable bonds is 1. The van der Waals surface area contributed by atoms with E-state index in [0.29, 0.717) is 0 Å². The minimum atomic E-state index is -3.08. The van der Waals surface area contributed by atoms with E-state index in [1.54, 1.807) is 0 Å². The second kappa shape index (κ2) is 3.08. The molecule has 0 aliphatic rings. The third-order valence-corrected chi connectivity index (χ3v) is 1.16. The fourth-order valence-electron chi connectivity index (χ4n) is 0.0845. The van der Waals surface area contributed by atoms with Crippen LogP contribution in [-0.4, -0.2) is 12.4 Å². The summed E-state index contributed by atoms with van der Waals surface area (Å²) in [5.74, 6) is 0. The lowest BCUT2D eigenvalue weighted by atomic mass is 11.7. The van der Waals surface area contributed by atoms with Crippen LogP contribution < -0.4 is 0 Å². The molecule has 0 rings (SSSR count). The fraction of sp³-hybridized carbons (Fsp3) is 1.00. The van der Waals surface area contributed by atoms with Gasteiger partial charge in [-0.1, -0.05) is 34.8 Å². The monoisotopic (exact) mass is 198 g/mol. The lowest BCUT2D eigenvalue weighted by molar-refractivity contribution is 0.337. The third kappa shape index (κ3) is 6.78. The molecule has 0 N–H and O–H groups in total. The van der Waals surface area contributed by atoms with Crippen LogP contribution in [0.25, 0.3) is 0 Å². The van der Waals surface area contributed by atoms with Gasteiger partial charge in [0.2, 0.25) is 0 Å². The average Bonchev–Trinajstić information content (AvgIpc) is 1.21. The first kappa shape index (κ1) is 8.78. The molecular formula is CHCl3O3S. The van der Waals surface area contributed by atoms with Crippen LogP contribution in [0, 0.1) is 0 Å². The molecule has 0 unspecified atom stereocenters. The average molecular weight is 199 g/mol. The van der Waals surface area contributed by atoms with Gasteiger partial charge in [0, 0.05) is 0 Å². The topological polar surface area (TPSA) is 43.4 Å². The zero-order valence-corrected chi connectivity index (χ0v) is 6.47. The summed E-state index contributed by atoms with van der Waals surface area (Å²) >= 11 is 14.6. The molecule has 0 radical (unpaired) electrons. The van der Waals surface area contributed by atoms with Gasteiger partial charge in [0.15, 0.2) is 0 Å². The summed E-state index contributed by atoms with van der Waals surface area (Å²) in [4.78, 5) is 0. The maximum Gasteiger partial charge on any atom is 0.311 e. The van der Waals surface area contributed by atoms with Crippen molar-refractivity contribution in [2.75, 3.05) is 0 Å². The van der Waals surface area contributed by atoms with Gasteiger partial charge in [-0.3, -0.25) is 0 Å². The normalized spacial score (nSPS) is 12.5. The summed E-state index contributed by atoms with van der Waals surface area (Å²) in [7, 11) is -3.08. The molecule has 50 valence electrons. The quantitative estimate of drug-likeness (QED) is 0.503. The van der Waals surface area contributed by atoms with Gasteiger partial charge >= 0.3 is 3.98 Å². The van der Waals surface area contributed by atoms with Gasteiger partial charge < -0.3 is 0 Å². The van der Waals surface area contributed by atoms with E-state index < -0.39 is 15.0 Å². The standard InChI is InChI=1S/CHCl3O3S/c2-1(3,4)7-8(5)6/h8H. The maximum atomic E-state index is 9.58. The molecule has 0 aromatic rings. The second-order valence-corrected chi connectivity index (χ2v) is 3.57. The van der Waals surface area contributed by atoms with E-state index >= 15 is 0 Å². The highest BCUT2D eigenvalue weighted by atomic mass is 35.6. The van der Waals surface area contributed by atoms with Crippen LogP contribution in [0.4, 0.5) is 0 Å². The molecule has 0 saturated carbocycles. The van der Waals surface area contributed by atoms with Crippen molar-refractivity contribution >= 4 is 45.8 Å². The van der Waals surface area contributed by atoms with Gasteiger partial charge in [0.05, 0.1) is 0 Å².